The fourth-order valence-corrected chi connectivity index (χ4v) is 2.80. The Morgan fingerprint density at radius 1 is 1.14 bits per heavy atom. The van der Waals surface area contributed by atoms with Crippen LogP contribution in [0.5, 0.6) is 5.75 Å². The van der Waals surface area contributed by atoms with E-state index in [-0.39, 0.29) is 25.4 Å². The minimum atomic E-state index is -1.08. The van der Waals surface area contributed by atoms with Gasteiger partial charge in [0.05, 0.1) is 23.7 Å². The van der Waals surface area contributed by atoms with Gasteiger partial charge in [-0.3, -0.25) is 10.1 Å². The fourth-order valence-electron chi connectivity index (χ4n) is 2.80. The molecule has 2 rings (SSSR count). The largest absolute Gasteiger partial charge is 0.491 e. The van der Waals surface area contributed by atoms with Crippen molar-refractivity contribution in [1.29, 1.82) is 0 Å². The predicted octanol–water partition coefficient (Wildman–Crippen LogP) is 1.64. The summed E-state index contributed by atoms with van der Waals surface area (Å²) in [7, 11) is 0. The number of rotatable bonds is 10. The Labute approximate surface area is 163 Å². The highest BCUT2D eigenvalue weighted by atomic mass is 16.6. The number of non-ortho nitro benzene ring substituents is 1. The molecule has 152 valence electrons. The Morgan fingerprint density at radius 2 is 1.82 bits per heavy atom. The summed E-state index contributed by atoms with van der Waals surface area (Å²) in [5.74, 6) is 0.689. The van der Waals surface area contributed by atoms with Gasteiger partial charge in [0.25, 0.3) is 5.69 Å². The highest BCUT2D eigenvalue weighted by Gasteiger charge is 2.21. The first kappa shape index (κ1) is 21.8. The average molecular weight is 390 g/mol. The van der Waals surface area contributed by atoms with E-state index < -0.39 is 23.2 Å². The van der Waals surface area contributed by atoms with Gasteiger partial charge in [0.1, 0.15) is 18.5 Å². The number of aliphatic hydroxyl groups is 3. The molecular formula is C20H26N2O6. The van der Waals surface area contributed by atoms with Crippen molar-refractivity contribution in [3.63, 3.8) is 0 Å². The number of aliphatic hydroxyl groups excluding tert-OH is 3. The third-order valence-electron chi connectivity index (χ3n) is 4.40. The third-order valence-corrected chi connectivity index (χ3v) is 4.40. The van der Waals surface area contributed by atoms with Crippen molar-refractivity contribution in [3.8, 4) is 5.75 Å². The second-order valence-corrected chi connectivity index (χ2v) is 6.72. The lowest BCUT2D eigenvalue weighted by Gasteiger charge is -2.24. The zero-order valence-corrected chi connectivity index (χ0v) is 15.9. The summed E-state index contributed by atoms with van der Waals surface area (Å²) in [6.45, 7) is 3.70. The van der Waals surface area contributed by atoms with Gasteiger partial charge in [-0.25, -0.2) is 0 Å². The Bertz CT molecular complexity index is 781. The lowest BCUT2D eigenvalue weighted by atomic mass is 10.0. The Kier molecular flexibility index (Phi) is 7.89. The van der Waals surface area contributed by atoms with Crippen molar-refractivity contribution >= 4 is 5.69 Å². The van der Waals surface area contributed by atoms with Crippen molar-refractivity contribution in [2.24, 2.45) is 0 Å². The maximum Gasteiger partial charge on any atom is 0.269 e. The summed E-state index contributed by atoms with van der Waals surface area (Å²) in [4.78, 5) is 10.2. The van der Waals surface area contributed by atoms with Crippen LogP contribution in [0.1, 0.15) is 22.8 Å². The predicted molar refractivity (Wildman–Crippen MR) is 104 cm³/mol. The number of benzene rings is 2. The Morgan fingerprint density at radius 3 is 2.39 bits per heavy atom. The van der Waals surface area contributed by atoms with Gasteiger partial charge in [-0.1, -0.05) is 17.7 Å². The van der Waals surface area contributed by atoms with Crippen molar-refractivity contribution < 1.29 is 25.0 Å². The van der Waals surface area contributed by atoms with Crippen molar-refractivity contribution in [2.45, 2.75) is 32.1 Å². The molecule has 8 heteroatoms. The van der Waals surface area contributed by atoms with E-state index >= 15 is 0 Å². The summed E-state index contributed by atoms with van der Waals surface area (Å²) in [6, 6.07) is 10.5. The minimum Gasteiger partial charge on any atom is -0.491 e. The number of nitrogens with one attached hydrogen (secondary N) is 1. The zero-order valence-electron chi connectivity index (χ0n) is 15.9. The first-order chi connectivity index (χ1) is 13.3. The fraction of sp³-hybridized carbons (Fsp3) is 0.400. The summed E-state index contributed by atoms with van der Waals surface area (Å²) < 4.78 is 5.62. The van der Waals surface area contributed by atoms with Gasteiger partial charge in [-0.2, -0.15) is 0 Å². The monoisotopic (exact) mass is 390 g/mol. The molecule has 2 aromatic carbocycles. The molecule has 0 aliphatic carbocycles. The molecule has 0 spiro atoms. The highest BCUT2D eigenvalue weighted by Crippen LogP contribution is 2.21. The van der Waals surface area contributed by atoms with Crippen LogP contribution in [0.4, 0.5) is 5.69 Å². The first-order valence-corrected chi connectivity index (χ1v) is 8.96. The van der Waals surface area contributed by atoms with Crippen LogP contribution >= 0.6 is 0 Å². The van der Waals surface area contributed by atoms with Crippen LogP contribution in [0.25, 0.3) is 0 Å². The quantitative estimate of drug-likeness (QED) is 0.359. The van der Waals surface area contributed by atoms with Crippen molar-refractivity contribution in [2.75, 3.05) is 19.8 Å². The average Bonchev–Trinajstić information content (AvgIpc) is 2.67. The minimum absolute atomic E-state index is 0.0582. The molecule has 2 aromatic rings. The van der Waals surface area contributed by atoms with Crippen LogP contribution in [0.3, 0.4) is 0 Å². The number of nitrogens with zero attached hydrogens (tertiary/aromatic N) is 1. The van der Waals surface area contributed by atoms with Gasteiger partial charge in [0.2, 0.25) is 0 Å². The second kappa shape index (κ2) is 10.1. The molecule has 0 aliphatic rings. The van der Waals surface area contributed by atoms with E-state index in [0.29, 0.717) is 11.3 Å². The second-order valence-electron chi connectivity index (χ2n) is 6.72. The topological polar surface area (TPSA) is 125 Å². The van der Waals surface area contributed by atoms with Crippen LogP contribution in [0, 0.1) is 24.0 Å². The number of nitro groups is 1. The number of ether oxygens (including phenoxy) is 1. The van der Waals surface area contributed by atoms with Gasteiger partial charge in [0, 0.05) is 18.7 Å². The standard InChI is InChI=1S/C20H26N2O6/c1-13-3-8-19(14(2)9-13)28-12-17(24)10-21-18(11-23)20(25)15-4-6-16(7-5-15)22(26)27/h3-9,17-18,20-21,23-25H,10-12H2,1-2H3. The van der Waals surface area contributed by atoms with E-state index in [2.05, 4.69) is 5.32 Å². The molecule has 0 radical (unpaired) electrons. The van der Waals surface area contributed by atoms with Crippen LogP contribution in [-0.2, 0) is 0 Å². The molecule has 0 heterocycles. The lowest BCUT2D eigenvalue weighted by Crippen LogP contribution is -2.43. The molecule has 8 nitrogen and oxygen atoms in total. The van der Waals surface area contributed by atoms with Gasteiger partial charge < -0.3 is 25.4 Å². The number of nitro benzene ring substituents is 1. The van der Waals surface area contributed by atoms with Crippen molar-refractivity contribution in [1.82, 2.24) is 5.32 Å². The summed E-state index contributed by atoms with van der Waals surface area (Å²) >= 11 is 0. The van der Waals surface area contributed by atoms with Gasteiger partial charge >= 0.3 is 0 Å². The molecule has 0 aromatic heterocycles. The summed E-state index contributed by atoms with van der Waals surface area (Å²) in [5, 5.41) is 43.7. The van der Waals surface area contributed by atoms with Crippen LogP contribution < -0.4 is 10.1 Å². The van der Waals surface area contributed by atoms with E-state index in [9.17, 15) is 25.4 Å². The van der Waals surface area contributed by atoms with E-state index in [1.165, 1.54) is 24.3 Å². The molecule has 0 aliphatic heterocycles. The summed E-state index contributed by atoms with van der Waals surface area (Å²) in [5.41, 5.74) is 2.45. The maximum atomic E-state index is 10.7. The zero-order chi connectivity index (χ0) is 20.7. The number of hydrogen-bond acceptors (Lipinski definition) is 7. The van der Waals surface area contributed by atoms with Crippen LogP contribution in [0.15, 0.2) is 42.5 Å². The van der Waals surface area contributed by atoms with Crippen molar-refractivity contribution in [3.05, 3.63) is 69.3 Å². The first-order valence-electron chi connectivity index (χ1n) is 8.96. The Balaban J connectivity index is 1.86. The molecule has 0 saturated carbocycles. The number of hydrogen-bond donors (Lipinski definition) is 4. The Hall–Kier alpha value is -2.52. The molecule has 0 bridgehead atoms. The molecule has 0 saturated heterocycles. The van der Waals surface area contributed by atoms with E-state index in [4.69, 9.17) is 4.74 Å². The van der Waals surface area contributed by atoms with E-state index in [1.807, 2.05) is 32.0 Å². The molecule has 0 amide bonds. The normalized spacial score (nSPS) is 14.3. The molecule has 3 unspecified atom stereocenters. The molecule has 4 N–H and O–H groups in total. The third kappa shape index (κ3) is 6.00. The maximum absolute atomic E-state index is 10.7. The van der Waals surface area contributed by atoms with Gasteiger partial charge in [-0.05, 0) is 43.2 Å². The lowest BCUT2D eigenvalue weighted by molar-refractivity contribution is -0.384. The SMILES string of the molecule is Cc1ccc(OCC(O)CNC(CO)C(O)c2ccc([N+](=O)[O-])cc2)c(C)c1. The van der Waals surface area contributed by atoms with Gasteiger partial charge in [-0.15, -0.1) is 0 Å². The molecular weight excluding hydrogens is 364 g/mol. The van der Waals surface area contributed by atoms with E-state index in [0.717, 1.165) is 11.1 Å². The molecule has 0 fully saturated rings. The van der Waals surface area contributed by atoms with E-state index in [1.54, 1.807) is 0 Å². The van der Waals surface area contributed by atoms with Crippen LogP contribution in [-0.4, -0.2) is 52.1 Å². The molecule has 3 atom stereocenters. The van der Waals surface area contributed by atoms with Gasteiger partial charge in [0.15, 0.2) is 0 Å². The highest BCUT2D eigenvalue weighted by molar-refractivity contribution is 5.36. The van der Waals surface area contributed by atoms with Crippen LogP contribution in [0.2, 0.25) is 0 Å². The molecule has 28 heavy (non-hydrogen) atoms. The smallest absolute Gasteiger partial charge is 0.269 e. The number of aryl methyl sites for hydroxylation is 2. The summed E-state index contributed by atoms with van der Waals surface area (Å²) in [6.07, 6.45) is -1.93.